The molecule has 0 saturated heterocycles. The summed E-state index contributed by atoms with van der Waals surface area (Å²) in [6.45, 7) is 3.62. The second kappa shape index (κ2) is 6.35. The normalized spacial score (nSPS) is 11.0. The van der Waals surface area contributed by atoms with Gasteiger partial charge in [0.2, 0.25) is 0 Å². The maximum atomic E-state index is 11.1. The lowest BCUT2D eigenvalue weighted by molar-refractivity contribution is -0.385. The van der Waals surface area contributed by atoms with Crippen LogP contribution >= 0.6 is 0 Å². The summed E-state index contributed by atoms with van der Waals surface area (Å²) in [6, 6.07) is 9.69. The van der Waals surface area contributed by atoms with Crippen LogP contribution in [0.25, 0.3) is 0 Å². The molecule has 0 aliphatic carbocycles. The van der Waals surface area contributed by atoms with Crippen LogP contribution in [-0.2, 0) is 0 Å². The summed E-state index contributed by atoms with van der Waals surface area (Å²) in [4.78, 5) is 10.5. The minimum atomic E-state index is -0.606. The second-order valence-electron chi connectivity index (χ2n) is 5.67. The van der Waals surface area contributed by atoms with Crippen LogP contribution in [-0.4, -0.2) is 17.1 Å². The number of rotatable bonds is 5. The number of nitro benzene ring substituents is 1. The lowest BCUT2D eigenvalue weighted by Crippen LogP contribution is -2.04. The summed E-state index contributed by atoms with van der Waals surface area (Å²) in [5, 5.41) is 21.6. The Balaban J connectivity index is 2.21. The van der Waals surface area contributed by atoms with Crippen molar-refractivity contribution in [1.29, 1.82) is 0 Å². The number of hydrogen-bond acceptors (Lipinski definition) is 6. The molecule has 2 heterocycles. The molecule has 0 unspecified atom stereocenters. The molecule has 7 nitrogen and oxygen atoms in total. The van der Waals surface area contributed by atoms with E-state index in [0.717, 1.165) is 6.07 Å². The van der Waals surface area contributed by atoms with E-state index in [2.05, 4.69) is 0 Å². The third-order valence-corrected chi connectivity index (χ3v) is 3.93. The number of phenols is 1. The van der Waals surface area contributed by atoms with E-state index in [1.165, 1.54) is 13.2 Å². The number of aryl methyl sites for hydroxylation is 2. The molecule has 0 spiro atoms. The maximum absolute atomic E-state index is 11.1. The number of hydrogen-bond donors (Lipinski definition) is 1. The van der Waals surface area contributed by atoms with Crippen molar-refractivity contribution in [2.75, 3.05) is 7.11 Å². The molecule has 1 N–H and O–H groups in total. The molecule has 0 fully saturated rings. The number of methoxy groups -OCH3 is 1. The average Bonchev–Trinajstić information content (AvgIpc) is 3.18. The lowest BCUT2D eigenvalue weighted by Gasteiger charge is -2.16. The predicted octanol–water partition coefficient (Wildman–Crippen LogP) is 4.29. The zero-order valence-corrected chi connectivity index (χ0v) is 14.0. The van der Waals surface area contributed by atoms with Crippen LogP contribution in [0.15, 0.2) is 45.2 Å². The van der Waals surface area contributed by atoms with Crippen LogP contribution in [0.5, 0.6) is 11.5 Å². The number of benzene rings is 1. The molecule has 130 valence electrons. The molecule has 0 radical (unpaired) electrons. The van der Waals surface area contributed by atoms with Crippen molar-refractivity contribution < 1.29 is 23.6 Å². The van der Waals surface area contributed by atoms with Crippen LogP contribution in [0.2, 0.25) is 0 Å². The first-order chi connectivity index (χ1) is 11.9. The minimum Gasteiger partial charge on any atom is -0.507 e. The van der Waals surface area contributed by atoms with Gasteiger partial charge in [-0.1, -0.05) is 0 Å². The molecule has 2 aromatic heterocycles. The van der Waals surface area contributed by atoms with Gasteiger partial charge in [0, 0.05) is 5.56 Å². The third kappa shape index (κ3) is 3.08. The molecule has 7 heteroatoms. The third-order valence-electron chi connectivity index (χ3n) is 3.93. The van der Waals surface area contributed by atoms with E-state index >= 15 is 0 Å². The largest absolute Gasteiger partial charge is 0.507 e. The Morgan fingerprint density at radius 3 is 2.04 bits per heavy atom. The molecule has 0 amide bonds. The molecule has 0 aliphatic rings. The SMILES string of the molecule is COc1cc(C(c2ccc(C)o2)c2ccc(C)o2)c(O)cc1[N+](=O)[O-]. The summed E-state index contributed by atoms with van der Waals surface area (Å²) in [5.74, 6) is 1.77. The van der Waals surface area contributed by atoms with E-state index in [-0.39, 0.29) is 17.2 Å². The highest BCUT2D eigenvalue weighted by molar-refractivity contribution is 5.58. The van der Waals surface area contributed by atoms with E-state index in [1.54, 1.807) is 24.3 Å². The summed E-state index contributed by atoms with van der Waals surface area (Å²) in [5.41, 5.74) is 0.0832. The van der Waals surface area contributed by atoms with E-state index < -0.39 is 10.8 Å². The first-order valence-electron chi connectivity index (χ1n) is 7.58. The van der Waals surface area contributed by atoms with Gasteiger partial charge in [-0.3, -0.25) is 10.1 Å². The fourth-order valence-corrected chi connectivity index (χ4v) is 2.77. The topological polar surface area (TPSA) is 98.9 Å². The molecular weight excluding hydrogens is 326 g/mol. The fourth-order valence-electron chi connectivity index (χ4n) is 2.77. The first kappa shape index (κ1) is 16.6. The number of phenolic OH excluding ortho intramolecular Hbond substituents is 1. The van der Waals surface area contributed by atoms with Gasteiger partial charge >= 0.3 is 5.69 Å². The van der Waals surface area contributed by atoms with Gasteiger partial charge in [-0.15, -0.1) is 0 Å². The molecule has 0 atom stereocenters. The summed E-state index contributed by atoms with van der Waals surface area (Å²) < 4.78 is 16.6. The summed E-state index contributed by atoms with van der Waals surface area (Å²) in [7, 11) is 1.34. The molecule has 1 aromatic carbocycles. The molecule has 3 rings (SSSR count). The molecule has 3 aromatic rings. The monoisotopic (exact) mass is 343 g/mol. The standard InChI is InChI=1S/C18H17NO6/c1-10-4-6-15(24-10)18(16-7-5-11(2)25-16)12-8-17(23-3)13(19(21)22)9-14(12)20/h4-9,18,20H,1-3H3. The highest BCUT2D eigenvalue weighted by Crippen LogP contribution is 2.43. The zero-order chi connectivity index (χ0) is 18.1. The highest BCUT2D eigenvalue weighted by atomic mass is 16.6. The Bertz CT molecular complexity index is 883. The molecule has 0 saturated carbocycles. The van der Waals surface area contributed by atoms with Gasteiger partial charge in [0.05, 0.1) is 18.1 Å². The van der Waals surface area contributed by atoms with Crippen molar-refractivity contribution in [2.45, 2.75) is 19.8 Å². The molecule has 25 heavy (non-hydrogen) atoms. The van der Waals surface area contributed by atoms with Crippen LogP contribution in [0.3, 0.4) is 0 Å². The van der Waals surface area contributed by atoms with Gasteiger partial charge in [0.15, 0.2) is 5.75 Å². The van der Waals surface area contributed by atoms with Gasteiger partial charge in [-0.05, 0) is 44.2 Å². The van der Waals surface area contributed by atoms with E-state index in [9.17, 15) is 15.2 Å². The number of ether oxygens (including phenoxy) is 1. The molecular formula is C18H17NO6. The van der Waals surface area contributed by atoms with Crippen LogP contribution in [0.1, 0.15) is 34.5 Å². The van der Waals surface area contributed by atoms with Crippen molar-refractivity contribution >= 4 is 5.69 Å². The van der Waals surface area contributed by atoms with Crippen molar-refractivity contribution in [2.24, 2.45) is 0 Å². The van der Waals surface area contributed by atoms with Crippen molar-refractivity contribution in [1.82, 2.24) is 0 Å². The summed E-state index contributed by atoms with van der Waals surface area (Å²) in [6.07, 6.45) is 0. The first-order valence-corrected chi connectivity index (χ1v) is 7.58. The fraction of sp³-hybridized carbons (Fsp3) is 0.222. The van der Waals surface area contributed by atoms with Gasteiger partial charge in [0.25, 0.3) is 0 Å². The van der Waals surface area contributed by atoms with Gasteiger partial charge < -0.3 is 18.7 Å². The zero-order valence-electron chi connectivity index (χ0n) is 14.0. The average molecular weight is 343 g/mol. The molecule has 0 bridgehead atoms. The second-order valence-corrected chi connectivity index (χ2v) is 5.67. The Morgan fingerprint density at radius 2 is 1.64 bits per heavy atom. The maximum Gasteiger partial charge on any atom is 0.314 e. The Labute approximate surface area is 143 Å². The summed E-state index contributed by atoms with van der Waals surface area (Å²) >= 11 is 0. The number of furan rings is 2. The quantitative estimate of drug-likeness (QED) is 0.548. The van der Waals surface area contributed by atoms with Crippen LogP contribution in [0.4, 0.5) is 5.69 Å². The Morgan fingerprint density at radius 1 is 1.08 bits per heavy atom. The van der Waals surface area contributed by atoms with Crippen molar-refractivity contribution in [3.63, 3.8) is 0 Å². The minimum absolute atomic E-state index is 0.0503. The van der Waals surface area contributed by atoms with Crippen LogP contribution < -0.4 is 4.74 Å². The molecule has 0 aliphatic heterocycles. The van der Waals surface area contributed by atoms with Gasteiger partial charge in [-0.25, -0.2) is 0 Å². The number of nitrogens with zero attached hydrogens (tertiary/aromatic N) is 1. The Kier molecular flexibility index (Phi) is 4.22. The Hall–Kier alpha value is -3.22. The smallest absolute Gasteiger partial charge is 0.314 e. The van der Waals surface area contributed by atoms with Gasteiger partial charge in [0.1, 0.15) is 34.7 Å². The highest BCUT2D eigenvalue weighted by Gasteiger charge is 2.29. The van der Waals surface area contributed by atoms with E-state index in [4.69, 9.17) is 13.6 Å². The van der Waals surface area contributed by atoms with Crippen molar-refractivity contribution in [3.8, 4) is 11.5 Å². The lowest BCUT2D eigenvalue weighted by atomic mass is 9.92. The predicted molar refractivity (Wildman–Crippen MR) is 89.1 cm³/mol. The van der Waals surface area contributed by atoms with Crippen molar-refractivity contribution in [3.05, 3.63) is 75.1 Å². The van der Waals surface area contributed by atoms with Gasteiger partial charge in [-0.2, -0.15) is 0 Å². The van der Waals surface area contributed by atoms with E-state index in [1.807, 2.05) is 13.8 Å². The number of aromatic hydroxyl groups is 1. The number of nitro groups is 1. The van der Waals surface area contributed by atoms with Crippen LogP contribution in [0, 0.1) is 24.0 Å². The van der Waals surface area contributed by atoms with E-state index in [0.29, 0.717) is 28.6 Å².